The zero-order chi connectivity index (χ0) is 29.9. The van der Waals surface area contributed by atoms with Crippen molar-refractivity contribution in [2.75, 3.05) is 18.4 Å². The lowest BCUT2D eigenvalue weighted by molar-refractivity contribution is 0.00369. The van der Waals surface area contributed by atoms with Crippen LogP contribution in [-0.4, -0.2) is 40.4 Å². The van der Waals surface area contributed by atoms with Crippen molar-refractivity contribution >= 4 is 17.3 Å². The molecule has 3 aromatic carbocycles. The van der Waals surface area contributed by atoms with E-state index in [0.717, 1.165) is 40.7 Å². The third kappa shape index (κ3) is 6.35. The van der Waals surface area contributed by atoms with Crippen molar-refractivity contribution in [2.45, 2.75) is 50.7 Å². The molecule has 3 atom stereocenters. The molecule has 220 valence electrons. The molecule has 4 aromatic rings. The van der Waals surface area contributed by atoms with Crippen LogP contribution in [-0.2, 0) is 19.6 Å². The van der Waals surface area contributed by atoms with Gasteiger partial charge in [-0.2, -0.15) is 5.26 Å². The Morgan fingerprint density at radius 2 is 1.93 bits per heavy atom. The van der Waals surface area contributed by atoms with E-state index in [9.17, 15) is 19.1 Å². The minimum Gasteiger partial charge on any atom is -0.488 e. The molecular formula is C34H31ClF2N4O2. The molecule has 1 aliphatic heterocycles. The Balaban J connectivity index is 1.28. The smallest absolute Gasteiger partial charge is 0.139 e. The summed E-state index contributed by atoms with van der Waals surface area (Å²) in [5.74, 6) is 0.333. The van der Waals surface area contributed by atoms with E-state index in [1.807, 2.05) is 35.2 Å². The number of aromatic nitrogens is 1. The van der Waals surface area contributed by atoms with Gasteiger partial charge in [0.1, 0.15) is 30.4 Å². The third-order valence-electron chi connectivity index (χ3n) is 8.22. The quantitative estimate of drug-likeness (QED) is 0.227. The summed E-state index contributed by atoms with van der Waals surface area (Å²) in [6.07, 6.45) is 2.85. The Hall–Kier alpha value is -4.03. The van der Waals surface area contributed by atoms with E-state index in [-0.39, 0.29) is 25.0 Å². The van der Waals surface area contributed by atoms with Crippen LogP contribution in [0.1, 0.15) is 46.7 Å². The summed E-state index contributed by atoms with van der Waals surface area (Å²) in [7, 11) is 0. The molecule has 0 bridgehead atoms. The molecule has 9 heteroatoms. The van der Waals surface area contributed by atoms with Gasteiger partial charge in [-0.15, -0.1) is 0 Å². The topological polar surface area (TPSA) is 81.4 Å². The van der Waals surface area contributed by atoms with Gasteiger partial charge >= 0.3 is 0 Å². The lowest BCUT2D eigenvalue weighted by Crippen LogP contribution is -2.44. The summed E-state index contributed by atoms with van der Waals surface area (Å²) < 4.78 is 35.2. The second-order valence-corrected chi connectivity index (χ2v) is 11.5. The first kappa shape index (κ1) is 29.1. The minimum absolute atomic E-state index is 0.0367. The van der Waals surface area contributed by atoms with E-state index in [2.05, 4.69) is 22.4 Å². The molecule has 1 saturated heterocycles. The minimum atomic E-state index is -1.31. The number of anilines is 1. The van der Waals surface area contributed by atoms with E-state index in [0.29, 0.717) is 47.1 Å². The zero-order valence-corrected chi connectivity index (χ0v) is 24.2. The largest absolute Gasteiger partial charge is 0.488 e. The number of nitrogens with one attached hydrogen (secondary N) is 1. The average Bonchev–Trinajstić information content (AvgIpc) is 3.43. The summed E-state index contributed by atoms with van der Waals surface area (Å²) in [4.78, 5) is 6.06. The molecule has 0 saturated carbocycles. The number of likely N-dealkylation sites (tertiary alicyclic amines) is 1. The molecule has 1 aromatic heterocycles. The van der Waals surface area contributed by atoms with Gasteiger partial charge in [-0.05, 0) is 54.2 Å². The van der Waals surface area contributed by atoms with Gasteiger partial charge < -0.3 is 15.2 Å². The van der Waals surface area contributed by atoms with Crippen LogP contribution in [0.4, 0.5) is 14.5 Å². The number of nitriles is 1. The number of fused-ring (bicyclic) bond motifs is 1. The van der Waals surface area contributed by atoms with Crippen LogP contribution in [0.25, 0.3) is 11.1 Å². The molecule has 0 spiro atoms. The van der Waals surface area contributed by atoms with E-state index in [1.54, 1.807) is 24.4 Å². The van der Waals surface area contributed by atoms with Crippen LogP contribution in [0.2, 0.25) is 5.02 Å². The summed E-state index contributed by atoms with van der Waals surface area (Å²) in [6, 6.07) is 20.3. The van der Waals surface area contributed by atoms with Gasteiger partial charge in [0.15, 0.2) is 0 Å². The lowest BCUT2D eigenvalue weighted by atomic mass is 9.96. The standard InChI is InChI=1S/C34H31ClF2N4O2/c35-28-13-23(18-41-11-10-33(42)30(37)19-41)34(43-20-22-12-21(15-38)16-39-17-22)14-32(28)40-31-9-8-25-24(5-3-6-27(25)31)26-4-1-2-7-29(26)36/h1-7,12-14,16-17,30-31,33,40,42H,8-11,18-20H2/t30-,31-,33?/m0/s1. The summed E-state index contributed by atoms with van der Waals surface area (Å²) >= 11 is 6.83. The molecule has 43 heavy (non-hydrogen) atoms. The number of ether oxygens (including phenoxy) is 1. The molecule has 6 nitrogen and oxygen atoms in total. The number of pyridine rings is 1. The van der Waals surface area contributed by atoms with Gasteiger partial charge in [0, 0.05) is 54.8 Å². The van der Waals surface area contributed by atoms with Crippen molar-refractivity contribution in [3.63, 3.8) is 0 Å². The van der Waals surface area contributed by atoms with Gasteiger partial charge in [0.2, 0.25) is 0 Å². The first-order chi connectivity index (χ1) is 20.9. The monoisotopic (exact) mass is 600 g/mol. The number of aliphatic hydroxyl groups is 1. The second-order valence-electron chi connectivity index (χ2n) is 11.1. The Bertz CT molecular complexity index is 1680. The Morgan fingerprint density at radius 3 is 2.74 bits per heavy atom. The van der Waals surface area contributed by atoms with Crippen molar-refractivity contribution < 1.29 is 18.6 Å². The number of aliphatic hydroxyl groups excluding tert-OH is 1. The van der Waals surface area contributed by atoms with Gasteiger partial charge in [-0.3, -0.25) is 9.88 Å². The highest BCUT2D eigenvalue weighted by Crippen LogP contribution is 2.42. The predicted molar refractivity (Wildman–Crippen MR) is 162 cm³/mol. The Morgan fingerprint density at radius 1 is 1.09 bits per heavy atom. The maximum atomic E-state index is 14.7. The molecule has 1 fully saturated rings. The summed E-state index contributed by atoms with van der Waals surface area (Å²) in [5, 5.41) is 23.2. The highest BCUT2D eigenvalue weighted by atomic mass is 35.5. The molecule has 2 aliphatic rings. The fourth-order valence-corrected chi connectivity index (χ4v) is 6.26. The maximum absolute atomic E-state index is 14.7. The van der Waals surface area contributed by atoms with Crippen LogP contribution in [0.15, 0.2) is 73.1 Å². The SMILES string of the molecule is N#Cc1cncc(COc2cc(N[C@H]3CCc4c(-c5ccccc5F)cccc43)c(Cl)cc2CN2CCC(O)[C@@H](F)C2)c1. The number of nitrogens with zero attached hydrogens (tertiary/aromatic N) is 3. The number of rotatable bonds is 8. The van der Waals surface area contributed by atoms with Gasteiger partial charge in [-0.1, -0.05) is 48.0 Å². The summed E-state index contributed by atoms with van der Waals surface area (Å²) in [6.45, 7) is 1.25. The van der Waals surface area contributed by atoms with Crippen molar-refractivity contribution in [1.82, 2.24) is 9.88 Å². The Labute approximate surface area is 254 Å². The first-order valence-electron chi connectivity index (χ1n) is 14.4. The van der Waals surface area contributed by atoms with Crippen molar-refractivity contribution in [3.8, 4) is 22.9 Å². The fourth-order valence-electron chi connectivity index (χ4n) is 6.02. The average molecular weight is 601 g/mol. The number of halogens is 3. The molecule has 6 rings (SSSR count). The van der Waals surface area contributed by atoms with Crippen LogP contribution in [0, 0.1) is 17.1 Å². The van der Waals surface area contributed by atoms with Crippen LogP contribution in [0.5, 0.6) is 5.75 Å². The van der Waals surface area contributed by atoms with Crippen LogP contribution in [0.3, 0.4) is 0 Å². The van der Waals surface area contributed by atoms with Crippen LogP contribution >= 0.6 is 11.6 Å². The number of hydrogen-bond acceptors (Lipinski definition) is 6. The van der Waals surface area contributed by atoms with E-state index in [4.69, 9.17) is 16.3 Å². The molecule has 1 aliphatic carbocycles. The molecule has 0 radical (unpaired) electrons. The second kappa shape index (κ2) is 12.7. The van der Waals surface area contributed by atoms with Crippen molar-refractivity contribution in [3.05, 3.63) is 112 Å². The number of alkyl halides is 1. The zero-order valence-electron chi connectivity index (χ0n) is 23.4. The highest BCUT2D eigenvalue weighted by Gasteiger charge is 2.29. The highest BCUT2D eigenvalue weighted by molar-refractivity contribution is 6.33. The van der Waals surface area contributed by atoms with E-state index in [1.165, 1.54) is 12.3 Å². The predicted octanol–water partition coefficient (Wildman–Crippen LogP) is 7.00. The van der Waals surface area contributed by atoms with Crippen molar-refractivity contribution in [2.24, 2.45) is 0 Å². The van der Waals surface area contributed by atoms with E-state index >= 15 is 0 Å². The number of benzene rings is 3. The van der Waals surface area contributed by atoms with Gasteiger partial charge in [-0.25, -0.2) is 8.78 Å². The number of hydrogen-bond donors (Lipinski definition) is 2. The van der Waals surface area contributed by atoms with Gasteiger partial charge in [0.05, 0.1) is 28.4 Å². The normalized spacial score (nSPS) is 19.9. The summed E-state index contributed by atoms with van der Waals surface area (Å²) in [5.41, 5.74) is 6.37. The maximum Gasteiger partial charge on any atom is 0.139 e. The molecule has 0 amide bonds. The molecule has 2 N–H and O–H groups in total. The van der Waals surface area contributed by atoms with Crippen LogP contribution < -0.4 is 10.1 Å². The molecule has 2 heterocycles. The number of piperidine rings is 1. The molecule has 1 unspecified atom stereocenters. The fraction of sp³-hybridized carbons (Fsp3) is 0.294. The Kier molecular flexibility index (Phi) is 8.57. The van der Waals surface area contributed by atoms with E-state index < -0.39 is 12.3 Å². The van der Waals surface area contributed by atoms with Gasteiger partial charge in [0.25, 0.3) is 0 Å². The van der Waals surface area contributed by atoms with Crippen molar-refractivity contribution in [1.29, 1.82) is 5.26 Å². The third-order valence-corrected chi connectivity index (χ3v) is 8.53. The molecular weight excluding hydrogens is 570 g/mol. The lowest BCUT2D eigenvalue weighted by Gasteiger charge is -2.32. The first-order valence-corrected chi connectivity index (χ1v) is 14.7.